The summed E-state index contributed by atoms with van der Waals surface area (Å²) < 4.78 is 4.19. The number of carbonyl (C=O) groups excluding carboxylic acids is 1. The first kappa shape index (κ1) is 14.1. The van der Waals surface area contributed by atoms with Crippen LogP contribution in [-0.2, 0) is 9.53 Å². The Labute approximate surface area is 117 Å². The van der Waals surface area contributed by atoms with E-state index in [0.29, 0.717) is 5.56 Å². The quantitative estimate of drug-likeness (QED) is 0.585. The molecule has 0 aliphatic rings. The number of hydrogen-bond donors (Lipinski definition) is 0. The van der Waals surface area contributed by atoms with Crippen molar-refractivity contribution in [1.29, 1.82) is 0 Å². The molecular formula is C10H8BrCl3O2. The first-order valence-electron chi connectivity index (χ1n) is 4.30. The lowest BCUT2D eigenvalue weighted by Gasteiger charge is -2.24. The Balaban J connectivity index is 3.01. The molecule has 0 heterocycles. The van der Waals surface area contributed by atoms with Crippen LogP contribution in [0.25, 0.3) is 0 Å². The first-order chi connectivity index (χ1) is 7.30. The SMILES string of the molecule is CC(=O)O[C@@H](c1ccc(Br)cc1)C(Cl)(Cl)Cl. The molecule has 0 aliphatic heterocycles. The molecule has 16 heavy (non-hydrogen) atoms. The maximum atomic E-state index is 10.9. The molecule has 2 nitrogen and oxygen atoms in total. The Morgan fingerprint density at radius 1 is 1.31 bits per heavy atom. The Kier molecular flexibility index (Phi) is 4.92. The fraction of sp³-hybridized carbons (Fsp3) is 0.300. The summed E-state index contributed by atoms with van der Waals surface area (Å²) in [4.78, 5) is 10.9. The van der Waals surface area contributed by atoms with Crippen molar-refractivity contribution in [3.8, 4) is 0 Å². The molecule has 0 saturated heterocycles. The van der Waals surface area contributed by atoms with Gasteiger partial charge in [-0.3, -0.25) is 4.79 Å². The highest BCUT2D eigenvalue weighted by molar-refractivity contribution is 9.10. The normalized spacial score (nSPS) is 13.3. The van der Waals surface area contributed by atoms with E-state index in [1.54, 1.807) is 24.3 Å². The number of halogens is 4. The second kappa shape index (κ2) is 5.58. The van der Waals surface area contributed by atoms with Crippen molar-refractivity contribution < 1.29 is 9.53 Å². The van der Waals surface area contributed by atoms with E-state index in [1.807, 2.05) is 0 Å². The minimum Gasteiger partial charge on any atom is -0.453 e. The zero-order chi connectivity index (χ0) is 12.3. The third kappa shape index (κ3) is 4.13. The van der Waals surface area contributed by atoms with Gasteiger partial charge in [-0.1, -0.05) is 62.9 Å². The fourth-order valence-corrected chi connectivity index (χ4v) is 1.90. The van der Waals surface area contributed by atoms with Crippen LogP contribution >= 0.6 is 50.7 Å². The van der Waals surface area contributed by atoms with Crippen molar-refractivity contribution in [3.05, 3.63) is 34.3 Å². The maximum Gasteiger partial charge on any atom is 0.303 e. The van der Waals surface area contributed by atoms with Crippen LogP contribution in [-0.4, -0.2) is 9.76 Å². The van der Waals surface area contributed by atoms with Gasteiger partial charge in [0.05, 0.1) is 0 Å². The lowest BCUT2D eigenvalue weighted by molar-refractivity contribution is -0.146. The molecule has 0 aliphatic carbocycles. The number of esters is 1. The standard InChI is InChI=1S/C10H8BrCl3O2/c1-6(15)16-9(10(12,13)14)7-2-4-8(11)5-3-7/h2-5,9H,1H3/t9-/m0/s1. The van der Waals surface area contributed by atoms with Gasteiger partial charge in [-0.15, -0.1) is 0 Å². The number of hydrogen-bond acceptors (Lipinski definition) is 2. The van der Waals surface area contributed by atoms with E-state index in [-0.39, 0.29) is 0 Å². The van der Waals surface area contributed by atoms with E-state index in [4.69, 9.17) is 39.5 Å². The van der Waals surface area contributed by atoms with Gasteiger partial charge in [0.25, 0.3) is 0 Å². The van der Waals surface area contributed by atoms with Crippen molar-refractivity contribution in [3.63, 3.8) is 0 Å². The maximum absolute atomic E-state index is 10.9. The Hall–Kier alpha value is 0.0400. The van der Waals surface area contributed by atoms with Crippen molar-refractivity contribution >= 4 is 56.7 Å². The van der Waals surface area contributed by atoms with Gasteiger partial charge in [-0.05, 0) is 17.7 Å². The van der Waals surface area contributed by atoms with E-state index in [9.17, 15) is 4.79 Å². The van der Waals surface area contributed by atoms with E-state index in [2.05, 4.69) is 15.9 Å². The minimum absolute atomic E-state index is 0.501. The van der Waals surface area contributed by atoms with Gasteiger partial charge in [0.2, 0.25) is 3.79 Å². The van der Waals surface area contributed by atoms with Gasteiger partial charge in [-0.2, -0.15) is 0 Å². The summed E-state index contributed by atoms with van der Waals surface area (Å²) in [7, 11) is 0. The number of ether oxygens (including phenoxy) is 1. The molecule has 1 rings (SSSR count). The summed E-state index contributed by atoms with van der Waals surface area (Å²) in [6.45, 7) is 1.27. The molecule has 1 atom stereocenters. The average molecular weight is 346 g/mol. The zero-order valence-electron chi connectivity index (χ0n) is 8.22. The van der Waals surface area contributed by atoms with Gasteiger partial charge in [0.1, 0.15) is 0 Å². The van der Waals surface area contributed by atoms with Crippen LogP contribution in [0.3, 0.4) is 0 Å². The Morgan fingerprint density at radius 2 is 1.81 bits per heavy atom. The van der Waals surface area contributed by atoms with Gasteiger partial charge < -0.3 is 4.74 Å². The monoisotopic (exact) mass is 344 g/mol. The summed E-state index contributed by atoms with van der Waals surface area (Å²) in [5.41, 5.74) is 0.624. The predicted octanol–water partition coefficient (Wildman–Crippen LogP) is 4.42. The van der Waals surface area contributed by atoms with E-state index >= 15 is 0 Å². The molecule has 88 valence electrons. The highest BCUT2D eigenvalue weighted by atomic mass is 79.9. The van der Waals surface area contributed by atoms with Gasteiger partial charge >= 0.3 is 5.97 Å². The smallest absolute Gasteiger partial charge is 0.303 e. The third-order valence-corrected chi connectivity index (χ3v) is 2.88. The molecule has 0 amide bonds. The molecule has 1 aromatic carbocycles. The number of carbonyl (C=O) groups is 1. The van der Waals surface area contributed by atoms with Gasteiger partial charge in [0.15, 0.2) is 6.10 Å². The van der Waals surface area contributed by atoms with E-state index in [0.717, 1.165) is 4.47 Å². The molecule has 0 fully saturated rings. The second-order valence-electron chi connectivity index (χ2n) is 3.08. The van der Waals surface area contributed by atoms with E-state index in [1.165, 1.54) is 6.92 Å². The third-order valence-electron chi connectivity index (χ3n) is 1.75. The fourth-order valence-electron chi connectivity index (χ4n) is 1.13. The number of benzene rings is 1. The highest BCUT2D eigenvalue weighted by Gasteiger charge is 2.36. The molecule has 0 spiro atoms. The lowest BCUT2D eigenvalue weighted by atomic mass is 10.1. The highest BCUT2D eigenvalue weighted by Crippen LogP contribution is 2.42. The van der Waals surface area contributed by atoms with Crippen LogP contribution in [0.4, 0.5) is 0 Å². The molecular weight excluding hydrogens is 338 g/mol. The van der Waals surface area contributed by atoms with Crippen molar-refractivity contribution in [2.24, 2.45) is 0 Å². The molecule has 0 N–H and O–H groups in total. The van der Waals surface area contributed by atoms with Crippen LogP contribution in [0, 0.1) is 0 Å². The van der Waals surface area contributed by atoms with Crippen LogP contribution in [0.1, 0.15) is 18.6 Å². The predicted molar refractivity (Wildman–Crippen MR) is 68.9 cm³/mol. The van der Waals surface area contributed by atoms with Crippen LogP contribution in [0.15, 0.2) is 28.7 Å². The molecule has 0 unspecified atom stereocenters. The van der Waals surface area contributed by atoms with Crippen molar-refractivity contribution in [2.75, 3.05) is 0 Å². The summed E-state index contributed by atoms with van der Waals surface area (Å²) in [6.07, 6.45) is -0.914. The molecule has 0 bridgehead atoms. The van der Waals surface area contributed by atoms with E-state index < -0.39 is 15.9 Å². The second-order valence-corrected chi connectivity index (χ2v) is 6.37. The molecule has 0 saturated carbocycles. The summed E-state index contributed by atoms with van der Waals surface area (Å²) in [6, 6.07) is 7.00. The number of alkyl halides is 3. The first-order valence-corrected chi connectivity index (χ1v) is 6.23. The summed E-state index contributed by atoms with van der Waals surface area (Å²) in [5, 5.41) is 0. The minimum atomic E-state index is -1.69. The average Bonchev–Trinajstić information content (AvgIpc) is 2.14. The summed E-state index contributed by atoms with van der Waals surface area (Å²) >= 11 is 20.6. The molecule has 6 heteroatoms. The van der Waals surface area contributed by atoms with Crippen LogP contribution in [0.2, 0.25) is 0 Å². The molecule has 0 radical (unpaired) electrons. The van der Waals surface area contributed by atoms with Crippen LogP contribution in [0.5, 0.6) is 0 Å². The lowest BCUT2D eigenvalue weighted by Crippen LogP contribution is -2.22. The largest absolute Gasteiger partial charge is 0.453 e. The molecule has 1 aromatic rings. The topological polar surface area (TPSA) is 26.3 Å². The Morgan fingerprint density at radius 3 is 2.19 bits per heavy atom. The Bertz CT molecular complexity index is 373. The zero-order valence-corrected chi connectivity index (χ0v) is 12.1. The van der Waals surface area contributed by atoms with Gasteiger partial charge in [0, 0.05) is 11.4 Å². The van der Waals surface area contributed by atoms with Gasteiger partial charge in [-0.25, -0.2) is 0 Å². The number of rotatable bonds is 2. The van der Waals surface area contributed by atoms with Crippen LogP contribution < -0.4 is 0 Å². The van der Waals surface area contributed by atoms with Crippen molar-refractivity contribution in [1.82, 2.24) is 0 Å². The summed E-state index contributed by atoms with van der Waals surface area (Å²) in [5.74, 6) is -0.501. The molecule has 0 aromatic heterocycles. The van der Waals surface area contributed by atoms with Crippen molar-refractivity contribution in [2.45, 2.75) is 16.8 Å².